The summed E-state index contributed by atoms with van der Waals surface area (Å²) >= 11 is 4.91. The number of aromatic nitrogens is 2. The van der Waals surface area contributed by atoms with Gasteiger partial charge in [-0.25, -0.2) is 4.98 Å². The molecule has 22 heavy (non-hydrogen) atoms. The second kappa shape index (κ2) is 6.44. The number of fused-ring (bicyclic) bond motifs is 1. The van der Waals surface area contributed by atoms with Crippen LogP contribution in [0, 0.1) is 0 Å². The minimum atomic E-state index is 0.195. The van der Waals surface area contributed by atoms with Crippen LogP contribution in [-0.4, -0.2) is 21.3 Å². The lowest BCUT2D eigenvalue weighted by atomic mass is 10.3. The molecule has 0 atom stereocenters. The van der Waals surface area contributed by atoms with E-state index in [0.29, 0.717) is 19.1 Å². The van der Waals surface area contributed by atoms with E-state index in [0.717, 1.165) is 16.8 Å². The minimum absolute atomic E-state index is 0.195. The van der Waals surface area contributed by atoms with Crippen molar-refractivity contribution in [3.63, 3.8) is 0 Å². The van der Waals surface area contributed by atoms with Crippen LogP contribution >= 0.6 is 12.2 Å². The average molecular weight is 312 g/mol. The molecule has 1 heterocycles. The number of rotatable bonds is 5. The Morgan fingerprint density at radius 1 is 1.14 bits per heavy atom. The summed E-state index contributed by atoms with van der Waals surface area (Å²) < 4.78 is 7.76. The first-order chi connectivity index (χ1) is 10.7. The largest absolute Gasteiger partial charge is 0.492 e. The van der Waals surface area contributed by atoms with Gasteiger partial charge in [0.2, 0.25) is 5.95 Å². The fourth-order valence-corrected chi connectivity index (χ4v) is 2.37. The van der Waals surface area contributed by atoms with Crippen molar-refractivity contribution in [1.82, 2.24) is 9.55 Å². The van der Waals surface area contributed by atoms with Gasteiger partial charge in [-0.1, -0.05) is 30.3 Å². The molecular weight excluding hydrogens is 296 g/mol. The maximum absolute atomic E-state index is 5.75. The van der Waals surface area contributed by atoms with Gasteiger partial charge in [0, 0.05) is 0 Å². The summed E-state index contributed by atoms with van der Waals surface area (Å²) in [5.74, 6) is 1.47. The molecule has 0 saturated heterocycles. The third-order valence-electron chi connectivity index (χ3n) is 3.22. The lowest BCUT2D eigenvalue weighted by Gasteiger charge is -2.11. The van der Waals surface area contributed by atoms with Gasteiger partial charge in [-0.2, -0.15) is 0 Å². The van der Waals surface area contributed by atoms with Crippen molar-refractivity contribution in [3.05, 3.63) is 54.6 Å². The quantitative estimate of drug-likeness (QED) is 0.709. The van der Waals surface area contributed by atoms with E-state index in [4.69, 9.17) is 22.7 Å². The number of imidazole rings is 1. The molecule has 0 saturated carbocycles. The number of nitrogens with zero attached hydrogens (tertiary/aromatic N) is 2. The van der Waals surface area contributed by atoms with Gasteiger partial charge in [-0.15, -0.1) is 0 Å². The molecule has 0 bridgehead atoms. The first-order valence-electron chi connectivity index (χ1n) is 6.93. The Hall–Kier alpha value is -2.60. The average Bonchev–Trinajstić information content (AvgIpc) is 2.85. The van der Waals surface area contributed by atoms with Crippen molar-refractivity contribution in [2.24, 2.45) is 5.73 Å². The fraction of sp³-hybridized carbons (Fsp3) is 0.125. The molecule has 0 fully saturated rings. The molecule has 0 unspecified atom stereocenters. The lowest BCUT2D eigenvalue weighted by Crippen LogP contribution is -2.22. The van der Waals surface area contributed by atoms with Crippen LogP contribution in [0.3, 0.4) is 0 Å². The van der Waals surface area contributed by atoms with Gasteiger partial charge >= 0.3 is 0 Å². The second-order valence-electron chi connectivity index (χ2n) is 4.73. The molecule has 1 aromatic heterocycles. The van der Waals surface area contributed by atoms with E-state index in [9.17, 15) is 0 Å². The van der Waals surface area contributed by atoms with Crippen LogP contribution in [0.2, 0.25) is 0 Å². The number of hydrogen-bond donors (Lipinski definition) is 2. The van der Waals surface area contributed by atoms with Gasteiger partial charge in [0.25, 0.3) is 0 Å². The molecule has 5 nitrogen and oxygen atoms in total. The lowest BCUT2D eigenvalue weighted by molar-refractivity contribution is 0.301. The molecule has 3 N–H and O–H groups in total. The first kappa shape index (κ1) is 14.3. The zero-order valence-corrected chi connectivity index (χ0v) is 12.7. The Morgan fingerprint density at radius 3 is 2.64 bits per heavy atom. The molecular formula is C16H16N4OS. The number of anilines is 1. The maximum atomic E-state index is 5.75. The fourth-order valence-electron chi connectivity index (χ4n) is 2.28. The Balaban J connectivity index is 1.80. The van der Waals surface area contributed by atoms with Crippen molar-refractivity contribution in [2.45, 2.75) is 6.54 Å². The number of hydrogen-bond acceptors (Lipinski definition) is 3. The van der Waals surface area contributed by atoms with Crippen LogP contribution in [0.15, 0.2) is 54.6 Å². The number of thiocarbonyl (C=S) groups is 1. The summed E-state index contributed by atoms with van der Waals surface area (Å²) in [7, 11) is 0. The van der Waals surface area contributed by atoms with E-state index in [-0.39, 0.29) is 5.11 Å². The third-order valence-corrected chi connectivity index (χ3v) is 3.32. The van der Waals surface area contributed by atoms with E-state index < -0.39 is 0 Å². The van der Waals surface area contributed by atoms with Gasteiger partial charge in [0.1, 0.15) is 12.4 Å². The third kappa shape index (κ3) is 3.17. The molecule has 0 radical (unpaired) electrons. The van der Waals surface area contributed by atoms with Crippen LogP contribution in [0.4, 0.5) is 5.95 Å². The Kier molecular flexibility index (Phi) is 4.20. The summed E-state index contributed by atoms with van der Waals surface area (Å²) in [6, 6.07) is 17.6. The van der Waals surface area contributed by atoms with Crippen LogP contribution in [-0.2, 0) is 6.54 Å². The number of para-hydroxylation sites is 3. The summed E-state index contributed by atoms with van der Waals surface area (Å²) in [5, 5.41) is 3.11. The smallest absolute Gasteiger partial charge is 0.210 e. The van der Waals surface area contributed by atoms with Gasteiger partial charge in [0.05, 0.1) is 17.6 Å². The number of nitrogens with one attached hydrogen (secondary N) is 1. The van der Waals surface area contributed by atoms with E-state index in [1.165, 1.54) is 0 Å². The molecule has 0 aliphatic carbocycles. The monoisotopic (exact) mass is 312 g/mol. The first-order valence-corrected chi connectivity index (χ1v) is 7.34. The van der Waals surface area contributed by atoms with Crippen LogP contribution in [0.5, 0.6) is 5.75 Å². The van der Waals surface area contributed by atoms with Crippen molar-refractivity contribution >= 4 is 34.3 Å². The molecule has 2 aromatic carbocycles. The molecule has 3 aromatic rings. The molecule has 0 aliphatic rings. The van der Waals surface area contributed by atoms with E-state index in [1.807, 2.05) is 59.2 Å². The summed E-state index contributed by atoms with van der Waals surface area (Å²) in [6.07, 6.45) is 0. The SMILES string of the molecule is NC(=S)Nc1nc2ccccc2n1CCOc1ccccc1. The highest BCUT2D eigenvalue weighted by atomic mass is 32.1. The maximum Gasteiger partial charge on any atom is 0.210 e. The van der Waals surface area contributed by atoms with Crippen LogP contribution in [0.1, 0.15) is 0 Å². The zero-order chi connectivity index (χ0) is 15.4. The Bertz CT molecular complexity index is 785. The highest BCUT2D eigenvalue weighted by Crippen LogP contribution is 2.19. The van der Waals surface area contributed by atoms with Crippen molar-refractivity contribution in [2.75, 3.05) is 11.9 Å². The standard InChI is InChI=1S/C16H16N4OS/c17-15(22)19-16-18-13-8-4-5-9-14(13)20(16)10-11-21-12-6-2-1-3-7-12/h1-9H,10-11H2,(H3,17,18,19,22). The summed E-state index contributed by atoms with van der Waals surface area (Å²) in [6.45, 7) is 1.16. The van der Waals surface area contributed by atoms with Crippen molar-refractivity contribution in [1.29, 1.82) is 0 Å². The number of nitrogens with two attached hydrogens (primary N) is 1. The molecule has 112 valence electrons. The van der Waals surface area contributed by atoms with E-state index >= 15 is 0 Å². The van der Waals surface area contributed by atoms with Gasteiger partial charge in [-0.3, -0.25) is 0 Å². The predicted molar refractivity (Wildman–Crippen MR) is 92.1 cm³/mol. The molecule has 3 rings (SSSR count). The summed E-state index contributed by atoms with van der Waals surface area (Å²) in [5.41, 5.74) is 7.47. The van der Waals surface area contributed by atoms with Crippen LogP contribution < -0.4 is 15.8 Å². The van der Waals surface area contributed by atoms with Crippen molar-refractivity contribution < 1.29 is 4.74 Å². The van der Waals surface area contributed by atoms with E-state index in [2.05, 4.69) is 10.3 Å². The zero-order valence-electron chi connectivity index (χ0n) is 11.9. The molecule has 0 aliphatic heterocycles. The van der Waals surface area contributed by atoms with Gasteiger partial charge < -0.3 is 20.4 Å². The number of ether oxygens (including phenoxy) is 1. The van der Waals surface area contributed by atoms with Crippen molar-refractivity contribution in [3.8, 4) is 5.75 Å². The highest BCUT2D eigenvalue weighted by molar-refractivity contribution is 7.80. The predicted octanol–water partition coefficient (Wildman–Crippen LogP) is 2.77. The summed E-state index contributed by atoms with van der Waals surface area (Å²) in [4.78, 5) is 4.51. The van der Waals surface area contributed by atoms with Gasteiger partial charge in [0.15, 0.2) is 5.11 Å². The minimum Gasteiger partial charge on any atom is -0.492 e. The van der Waals surface area contributed by atoms with Gasteiger partial charge in [-0.05, 0) is 36.5 Å². The molecule has 0 amide bonds. The topological polar surface area (TPSA) is 65.1 Å². The highest BCUT2D eigenvalue weighted by Gasteiger charge is 2.10. The second-order valence-corrected chi connectivity index (χ2v) is 5.17. The molecule has 0 spiro atoms. The molecule has 6 heteroatoms. The van der Waals surface area contributed by atoms with E-state index in [1.54, 1.807) is 0 Å². The normalized spacial score (nSPS) is 10.5. The Morgan fingerprint density at radius 2 is 1.86 bits per heavy atom. The Labute approximate surface area is 133 Å². The van der Waals surface area contributed by atoms with Crippen LogP contribution in [0.25, 0.3) is 11.0 Å². The number of benzene rings is 2.